The van der Waals surface area contributed by atoms with Gasteiger partial charge in [-0.05, 0) is 32.2 Å². The molecule has 2 atom stereocenters. The number of benzene rings is 1. The van der Waals surface area contributed by atoms with Gasteiger partial charge in [0.2, 0.25) is 0 Å². The van der Waals surface area contributed by atoms with Gasteiger partial charge < -0.3 is 15.0 Å². The van der Waals surface area contributed by atoms with Gasteiger partial charge in [-0.1, -0.05) is 0 Å². The lowest BCUT2D eigenvalue weighted by Gasteiger charge is -2.34. The van der Waals surface area contributed by atoms with E-state index < -0.39 is 0 Å². The van der Waals surface area contributed by atoms with Crippen LogP contribution in [0.4, 0.5) is 10.2 Å². The number of fused-ring (bicyclic) bond motifs is 1. The molecule has 0 aliphatic carbocycles. The number of nitrogens with one attached hydrogen (secondary N) is 1. The summed E-state index contributed by atoms with van der Waals surface area (Å²) in [4.78, 5) is 10.6. The Morgan fingerprint density at radius 3 is 3.10 bits per heavy atom. The highest BCUT2D eigenvalue weighted by Crippen LogP contribution is 2.22. The smallest absolute Gasteiger partial charge is 0.137 e. The first kappa shape index (κ1) is 14.2. The van der Waals surface area contributed by atoms with Crippen LogP contribution in [0.5, 0.6) is 0 Å². The van der Waals surface area contributed by atoms with Gasteiger partial charge in [-0.15, -0.1) is 0 Å². The van der Waals surface area contributed by atoms with Gasteiger partial charge in [-0.3, -0.25) is 0 Å². The topological polar surface area (TPSA) is 50.3 Å². The third kappa shape index (κ3) is 3.11. The molecule has 112 valence electrons. The van der Waals surface area contributed by atoms with Gasteiger partial charge in [-0.2, -0.15) is 0 Å². The molecule has 6 heteroatoms. The van der Waals surface area contributed by atoms with Gasteiger partial charge in [0.15, 0.2) is 0 Å². The first-order valence-electron chi connectivity index (χ1n) is 7.10. The van der Waals surface area contributed by atoms with Crippen molar-refractivity contribution in [3.63, 3.8) is 0 Å². The first-order chi connectivity index (χ1) is 10.1. The minimum absolute atomic E-state index is 0.0779. The summed E-state index contributed by atoms with van der Waals surface area (Å²) in [5, 5.41) is 4.02. The number of hydrogen-bond acceptors (Lipinski definition) is 5. The van der Waals surface area contributed by atoms with E-state index in [1.54, 1.807) is 6.07 Å². The van der Waals surface area contributed by atoms with Gasteiger partial charge in [0.1, 0.15) is 18.0 Å². The summed E-state index contributed by atoms with van der Waals surface area (Å²) in [7, 11) is 2.08. The Bertz CT molecular complexity index is 636. The van der Waals surface area contributed by atoms with Crippen molar-refractivity contribution < 1.29 is 9.13 Å². The average Bonchev–Trinajstić information content (AvgIpc) is 2.48. The minimum Gasteiger partial charge on any atom is -0.373 e. The summed E-state index contributed by atoms with van der Waals surface area (Å²) >= 11 is 0. The van der Waals surface area contributed by atoms with E-state index in [1.165, 1.54) is 18.5 Å². The van der Waals surface area contributed by atoms with Gasteiger partial charge in [0.25, 0.3) is 0 Å². The molecule has 5 nitrogen and oxygen atoms in total. The molecule has 0 spiro atoms. The Balaban J connectivity index is 1.82. The fourth-order valence-corrected chi connectivity index (χ4v) is 2.57. The molecule has 1 saturated heterocycles. The van der Waals surface area contributed by atoms with Gasteiger partial charge in [-0.25, -0.2) is 14.4 Å². The first-order valence-corrected chi connectivity index (χ1v) is 7.10. The van der Waals surface area contributed by atoms with Crippen molar-refractivity contribution in [1.82, 2.24) is 14.9 Å². The van der Waals surface area contributed by atoms with E-state index >= 15 is 0 Å². The van der Waals surface area contributed by atoms with E-state index in [-0.39, 0.29) is 18.0 Å². The number of ether oxygens (including phenoxy) is 1. The van der Waals surface area contributed by atoms with E-state index in [9.17, 15) is 4.39 Å². The SMILES string of the molecule is CC(Nc1ncnc2ccc(F)cc12)C1CN(C)CCO1. The lowest BCUT2D eigenvalue weighted by Crippen LogP contribution is -2.47. The van der Waals surface area contributed by atoms with Crippen LogP contribution in [0.1, 0.15) is 6.92 Å². The van der Waals surface area contributed by atoms with Gasteiger partial charge in [0.05, 0.1) is 24.3 Å². The van der Waals surface area contributed by atoms with Crippen LogP contribution in [0.15, 0.2) is 24.5 Å². The summed E-state index contributed by atoms with van der Waals surface area (Å²) in [6.07, 6.45) is 1.57. The Morgan fingerprint density at radius 2 is 2.29 bits per heavy atom. The molecule has 3 rings (SSSR count). The van der Waals surface area contributed by atoms with Gasteiger partial charge in [0, 0.05) is 18.5 Å². The van der Waals surface area contributed by atoms with E-state index in [0.717, 1.165) is 25.2 Å². The second-order valence-corrected chi connectivity index (χ2v) is 5.49. The molecule has 1 aliphatic heterocycles. The summed E-state index contributed by atoms with van der Waals surface area (Å²) in [5.41, 5.74) is 0.725. The highest BCUT2D eigenvalue weighted by molar-refractivity contribution is 5.88. The number of morpholine rings is 1. The van der Waals surface area contributed by atoms with Crippen LogP contribution in [0.3, 0.4) is 0 Å². The summed E-state index contributed by atoms with van der Waals surface area (Å²) in [6, 6.07) is 4.60. The van der Waals surface area contributed by atoms with E-state index in [1.807, 2.05) is 0 Å². The molecule has 21 heavy (non-hydrogen) atoms. The maximum Gasteiger partial charge on any atom is 0.137 e. The molecule has 1 fully saturated rings. The molecule has 1 aromatic carbocycles. The fourth-order valence-electron chi connectivity index (χ4n) is 2.57. The van der Waals surface area contributed by atoms with Crippen LogP contribution < -0.4 is 5.32 Å². The van der Waals surface area contributed by atoms with Crippen LogP contribution in [0, 0.1) is 5.82 Å². The molecular formula is C15H19FN4O. The zero-order chi connectivity index (χ0) is 14.8. The number of hydrogen-bond donors (Lipinski definition) is 1. The van der Waals surface area contributed by atoms with Crippen molar-refractivity contribution in [2.24, 2.45) is 0 Å². The Labute approximate surface area is 123 Å². The molecule has 1 aliphatic rings. The second-order valence-electron chi connectivity index (χ2n) is 5.49. The van der Waals surface area contributed by atoms with Gasteiger partial charge >= 0.3 is 0 Å². The molecule has 0 saturated carbocycles. The Hall–Kier alpha value is -1.79. The summed E-state index contributed by atoms with van der Waals surface area (Å²) < 4.78 is 19.2. The van der Waals surface area contributed by atoms with Crippen LogP contribution in [0.25, 0.3) is 10.9 Å². The third-order valence-corrected chi connectivity index (χ3v) is 3.82. The van der Waals surface area contributed by atoms with E-state index in [4.69, 9.17) is 4.74 Å². The quantitative estimate of drug-likeness (QED) is 0.935. The number of nitrogens with zero attached hydrogens (tertiary/aromatic N) is 3. The number of rotatable bonds is 3. The summed E-state index contributed by atoms with van der Waals surface area (Å²) in [6.45, 7) is 4.60. The van der Waals surface area contributed by atoms with Crippen molar-refractivity contribution in [3.8, 4) is 0 Å². The fraction of sp³-hybridized carbons (Fsp3) is 0.467. The normalized spacial score (nSPS) is 21.4. The number of aromatic nitrogens is 2. The third-order valence-electron chi connectivity index (χ3n) is 3.82. The Kier molecular flexibility index (Phi) is 3.98. The highest BCUT2D eigenvalue weighted by atomic mass is 19.1. The van der Waals surface area contributed by atoms with E-state index in [2.05, 4.69) is 34.2 Å². The van der Waals surface area contributed by atoms with E-state index in [0.29, 0.717) is 11.2 Å². The Morgan fingerprint density at radius 1 is 1.43 bits per heavy atom. The minimum atomic E-state index is -0.290. The molecular weight excluding hydrogens is 271 g/mol. The van der Waals surface area contributed by atoms with Crippen LogP contribution in [-0.4, -0.2) is 53.8 Å². The maximum atomic E-state index is 13.4. The molecule has 0 amide bonds. The van der Waals surface area contributed by atoms with Crippen LogP contribution >= 0.6 is 0 Å². The van der Waals surface area contributed by atoms with Crippen molar-refractivity contribution in [2.75, 3.05) is 32.1 Å². The maximum absolute atomic E-state index is 13.4. The molecule has 2 aromatic rings. The number of likely N-dealkylation sites (N-methyl/N-ethyl adjacent to an activating group) is 1. The molecule has 2 heterocycles. The molecule has 2 unspecified atom stereocenters. The highest BCUT2D eigenvalue weighted by Gasteiger charge is 2.24. The molecule has 1 N–H and O–H groups in total. The number of anilines is 1. The zero-order valence-electron chi connectivity index (χ0n) is 12.2. The second kappa shape index (κ2) is 5.91. The largest absolute Gasteiger partial charge is 0.373 e. The lowest BCUT2D eigenvalue weighted by molar-refractivity contribution is -0.0259. The molecule has 0 bridgehead atoms. The lowest BCUT2D eigenvalue weighted by atomic mass is 10.1. The monoisotopic (exact) mass is 290 g/mol. The zero-order valence-corrected chi connectivity index (χ0v) is 12.2. The van der Waals surface area contributed by atoms with Crippen molar-refractivity contribution >= 4 is 16.7 Å². The van der Waals surface area contributed by atoms with Crippen molar-refractivity contribution in [1.29, 1.82) is 0 Å². The van der Waals surface area contributed by atoms with Crippen LogP contribution in [-0.2, 0) is 4.74 Å². The van der Waals surface area contributed by atoms with Crippen molar-refractivity contribution in [2.45, 2.75) is 19.1 Å². The predicted molar refractivity (Wildman–Crippen MR) is 79.8 cm³/mol. The average molecular weight is 290 g/mol. The summed E-state index contributed by atoms with van der Waals surface area (Å²) in [5.74, 6) is 0.352. The van der Waals surface area contributed by atoms with Crippen molar-refractivity contribution in [3.05, 3.63) is 30.3 Å². The molecule has 0 radical (unpaired) electrons. The number of halogens is 1. The standard InChI is InChI=1S/C15H19FN4O/c1-10(14-8-20(2)5-6-21-14)19-15-12-7-11(16)3-4-13(12)17-9-18-15/h3-4,7,9-10,14H,5-6,8H2,1-2H3,(H,17,18,19). The predicted octanol–water partition coefficient (Wildman–Crippen LogP) is 1.90. The van der Waals surface area contributed by atoms with Crippen LogP contribution in [0.2, 0.25) is 0 Å². The molecule has 1 aromatic heterocycles.